The molecule has 0 fully saturated rings. The van der Waals surface area contributed by atoms with Crippen molar-refractivity contribution in [1.82, 2.24) is 0 Å². The fraction of sp³-hybridized carbons (Fsp3) is 0.111. The molecule has 3 nitrogen and oxygen atoms in total. The van der Waals surface area contributed by atoms with E-state index >= 15 is 0 Å². The highest BCUT2D eigenvalue weighted by Gasteiger charge is 2.23. The normalized spacial score (nSPS) is 12.4. The molecule has 0 radical (unpaired) electrons. The standard InChI is InChI=1S/C45H41N3/c1-34-16-13-25-40(28-34)46(37-19-7-4-8-20-37)43-31-44(47(38-21-9-5-10-22-38)41-26-14-17-35(2)29-41)33-45(32-43)48(39-23-11-6-12-24-39)42-27-15-18-36(3)30-42/h4-5,7-11,13-33H,6,12H2,1-3H3. The first-order chi connectivity index (χ1) is 23.5. The third-order valence-electron chi connectivity index (χ3n) is 8.70. The van der Waals surface area contributed by atoms with Gasteiger partial charge in [-0.3, -0.25) is 0 Å². The van der Waals surface area contributed by atoms with E-state index in [4.69, 9.17) is 0 Å². The largest absolute Gasteiger partial charge is 0.311 e. The number of anilines is 8. The third-order valence-corrected chi connectivity index (χ3v) is 8.70. The maximum absolute atomic E-state index is 2.41. The molecular formula is C45H41N3. The molecule has 0 bridgehead atoms. The monoisotopic (exact) mass is 623 g/mol. The number of benzene rings is 6. The Labute approximate surface area is 285 Å². The zero-order valence-corrected chi connectivity index (χ0v) is 27.9. The van der Waals surface area contributed by atoms with Crippen LogP contribution in [0.15, 0.2) is 176 Å². The molecular weight excluding hydrogens is 583 g/mol. The van der Waals surface area contributed by atoms with Crippen LogP contribution in [0.3, 0.4) is 0 Å². The van der Waals surface area contributed by atoms with E-state index in [9.17, 15) is 0 Å². The van der Waals surface area contributed by atoms with E-state index in [1.807, 2.05) is 0 Å². The highest BCUT2D eigenvalue weighted by molar-refractivity contribution is 5.88. The van der Waals surface area contributed by atoms with Crippen LogP contribution in [0.1, 0.15) is 29.5 Å². The molecule has 0 unspecified atom stereocenters. The van der Waals surface area contributed by atoms with Crippen molar-refractivity contribution in [3.05, 3.63) is 192 Å². The molecule has 1 aliphatic carbocycles. The summed E-state index contributed by atoms with van der Waals surface area (Å²) < 4.78 is 0. The van der Waals surface area contributed by atoms with Gasteiger partial charge in [-0.1, -0.05) is 84.9 Å². The summed E-state index contributed by atoms with van der Waals surface area (Å²) in [5.41, 5.74) is 13.7. The first kappa shape index (κ1) is 30.8. The van der Waals surface area contributed by atoms with E-state index in [1.54, 1.807) is 0 Å². The van der Waals surface area contributed by atoms with E-state index in [1.165, 1.54) is 22.4 Å². The van der Waals surface area contributed by atoms with E-state index < -0.39 is 0 Å². The molecule has 0 aliphatic heterocycles. The van der Waals surface area contributed by atoms with Crippen molar-refractivity contribution in [1.29, 1.82) is 0 Å². The minimum Gasteiger partial charge on any atom is -0.311 e. The summed E-state index contributed by atoms with van der Waals surface area (Å²) in [5, 5.41) is 0. The number of hydrogen-bond donors (Lipinski definition) is 0. The lowest BCUT2D eigenvalue weighted by Crippen LogP contribution is -2.19. The van der Waals surface area contributed by atoms with E-state index in [0.29, 0.717) is 0 Å². The topological polar surface area (TPSA) is 9.72 Å². The summed E-state index contributed by atoms with van der Waals surface area (Å²) in [5.74, 6) is 0. The number of nitrogens with zero attached hydrogens (tertiary/aromatic N) is 3. The van der Waals surface area contributed by atoms with Gasteiger partial charge in [-0.2, -0.15) is 0 Å². The zero-order valence-electron chi connectivity index (χ0n) is 27.9. The molecule has 0 aromatic heterocycles. The summed E-state index contributed by atoms with van der Waals surface area (Å²) in [6.45, 7) is 6.48. The second-order valence-corrected chi connectivity index (χ2v) is 12.5. The fourth-order valence-electron chi connectivity index (χ4n) is 6.53. The lowest BCUT2D eigenvalue weighted by molar-refractivity contribution is 0.996. The molecule has 0 amide bonds. The lowest BCUT2D eigenvalue weighted by atomic mass is 10.1. The number of hydrogen-bond acceptors (Lipinski definition) is 3. The van der Waals surface area contributed by atoms with Gasteiger partial charge < -0.3 is 14.7 Å². The molecule has 0 saturated heterocycles. The molecule has 48 heavy (non-hydrogen) atoms. The van der Waals surface area contributed by atoms with E-state index in [-0.39, 0.29) is 0 Å². The number of para-hydroxylation sites is 2. The van der Waals surface area contributed by atoms with E-state index in [2.05, 4.69) is 205 Å². The zero-order chi connectivity index (χ0) is 32.9. The van der Waals surface area contributed by atoms with Crippen LogP contribution in [-0.2, 0) is 0 Å². The Kier molecular flexibility index (Phi) is 8.93. The van der Waals surface area contributed by atoms with Gasteiger partial charge in [-0.25, -0.2) is 0 Å². The first-order valence-corrected chi connectivity index (χ1v) is 16.8. The summed E-state index contributed by atoms with van der Waals surface area (Å²) in [4.78, 5) is 7.16. The number of rotatable bonds is 9. The number of aryl methyl sites for hydroxylation is 3. The van der Waals surface area contributed by atoms with Crippen molar-refractivity contribution < 1.29 is 0 Å². The minimum absolute atomic E-state index is 1.01. The second-order valence-electron chi connectivity index (χ2n) is 12.5. The van der Waals surface area contributed by atoms with Crippen LogP contribution in [0.5, 0.6) is 0 Å². The Hall–Kier alpha value is -5.80. The van der Waals surface area contributed by atoms with Gasteiger partial charge in [-0.05, 0) is 135 Å². The van der Waals surface area contributed by atoms with Gasteiger partial charge in [0, 0.05) is 34.1 Å². The SMILES string of the molecule is Cc1cccc(N(C2=CCCC=C2)c2cc(N(c3ccccc3)c3cccc(C)c3)cc(N(c3ccccc3)c3cccc(C)c3)c2)c1. The number of allylic oxidation sites excluding steroid dienone is 3. The molecule has 0 spiro atoms. The van der Waals surface area contributed by atoms with Gasteiger partial charge >= 0.3 is 0 Å². The van der Waals surface area contributed by atoms with Crippen molar-refractivity contribution in [3.8, 4) is 0 Å². The van der Waals surface area contributed by atoms with Crippen LogP contribution < -0.4 is 14.7 Å². The van der Waals surface area contributed by atoms with Crippen LogP contribution >= 0.6 is 0 Å². The highest BCUT2D eigenvalue weighted by atomic mass is 15.2. The van der Waals surface area contributed by atoms with Gasteiger partial charge in [-0.15, -0.1) is 0 Å². The molecule has 3 heteroatoms. The molecule has 7 rings (SSSR count). The second kappa shape index (κ2) is 13.9. The van der Waals surface area contributed by atoms with Gasteiger partial charge in [0.2, 0.25) is 0 Å². The maximum atomic E-state index is 2.41. The smallest absolute Gasteiger partial charge is 0.0503 e. The molecule has 0 saturated carbocycles. The van der Waals surface area contributed by atoms with Crippen LogP contribution in [0, 0.1) is 20.8 Å². The average Bonchev–Trinajstić information content (AvgIpc) is 3.10. The lowest BCUT2D eigenvalue weighted by Gasteiger charge is -2.33. The van der Waals surface area contributed by atoms with Crippen LogP contribution in [0.4, 0.5) is 45.5 Å². The van der Waals surface area contributed by atoms with Crippen molar-refractivity contribution in [3.63, 3.8) is 0 Å². The molecule has 6 aromatic carbocycles. The van der Waals surface area contributed by atoms with Crippen LogP contribution in [0.25, 0.3) is 0 Å². The van der Waals surface area contributed by atoms with Crippen LogP contribution in [-0.4, -0.2) is 0 Å². The fourth-order valence-corrected chi connectivity index (χ4v) is 6.53. The van der Waals surface area contributed by atoms with Crippen molar-refractivity contribution in [2.24, 2.45) is 0 Å². The molecule has 1 aliphatic rings. The quantitative estimate of drug-likeness (QED) is 0.159. The summed E-state index contributed by atoms with van der Waals surface area (Å²) in [7, 11) is 0. The molecule has 6 aromatic rings. The van der Waals surface area contributed by atoms with Crippen molar-refractivity contribution in [2.45, 2.75) is 33.6 Å². The first-order valence-electron chi connectivity index (χ1n) is 16.8. The predicted molar refractivity (Wildman–Crippen MR) is 205 cm³/mol. The van der Waals surface area contributed by atoms with Gasteiger partial charge in [0.25, 0.3) is 0 Å². The molecule has 0 heterocycles. The van der Waals surface area contributed by atoms with Gasteiger partial charge in [0.1, 0.15) is 0 Å². The summed E-state index contributed by atoms with van der Waals surface area (Å²) in [6, 6.07) is 54.7. The van der Waals surface area contributed by atoms with Crippen molar-refractivity contribution >= 4 is 45.5 Å². The molecule has 0 atom stereocenters. The Morgan fingerprint density at radius 2 is 0.750 bits per heavy atom. The summed E-state index contributed by atoms with van der Waals surface area (Å²) >= 11 is 0. The minimum atomic E-state index is 1.01. The molecule has 236 valence electrons. The highest BCUT2D eigenvalue weighted by Crippen LogP contribution is 2.45. The van der Waals surface area contributed by atoms with Gasteiger partial charge in [0.05, 0.1) is 17.1 Å². The average molecular weight is 624 g/mol. The van der Waals surface area contributed by atoms with Crippen LogP contribution in [0.2, 0.25) is 0 Å². The van der Waals surface area contributed by atoms with E-state index in [0.717, 1.165) is 58.3 Å². The Balaban J connectivity index is 1.54. The Morgan fingerprint density at radius 1 is 0.354 bits per heavy atom. The predicted octanol–water partition coefficient (Wildman–Crippen LogP) is 12.9. The Bertz CT molecular complexity index is 1970. The van der Waals surface area contributed by atoms with Gasteiger partial charge in [0.15, 0.2) is 0 Å². The third kappa shape index (κ3) is 6.67. The maximum Gasteiger partial charge on any atom is 0.0503 e. The van der Waals surface area contributed by atoms with Crippen molar-refractivity contribution in [2.75, 3.05) is 14.7 Å². The Morgan fingerprint density at radius 3 is 1.15 bits per heavy atom. The summed E-state index contributed by atoms with van der Waals surface area (Å²) in [6.07, 6.45) is 8.98. The molecule has 0 N–H and O–H groups in total.